The number of oxazole rings is 1. The monoisotopic (exact) mass is 270 g/mol. The molecular formula is C17H22N2O. The van der Waals surface area contributed by atoms with Gasteiger partial charge in [-0.25, -0.2) is 4.98 Å². The molecule has 3 nitrogen and oxygen atoms in total. The summed E-state index contributed by atoms with van der Waals surface area (Å²) in [6.45, 7) is 7.34. The molecule has 1 aliphatic carbocycles. The van der Waals surface area contributed by atoms with E-state index in [2.05, 4.69) is 43.2 Å². The van der Waals surface area contributed by atoms with Crippen molar-refractivity contribution in [3.05, 3.63) is 40.9 Å². The molecule has 1 N–H and O–H groups in total. The Kier molecular flexibility index (Phi) is 3.62. The van der Waals surface area contributed by atoms with Crippen LogP contribution < -0.4 is 5.32 Å². The lowest BCUT2D eigenvalue weighted by Gasteiger charge is -2.08. The van der Waals surface area contributed by atoms with E-state index in [4.69, 9.17) is 4.42 Å². The van der Waals surface area contributed by atoms with Crippen LogP contribution in [0.3, 0.4) is 0 Å². The fourth-order valence-corrected chi connectivity index (χ4v) is 2.78. The van der Waals surface area contributed by atoms with Crippen LogP contribution in [0.25, 0.3) is 11.3 Å². The number of hydrogen-bond donors (Lipinski definition) is 1. The number of aromatic nitrogens is 1. The molecule has 3 heteroatoms. The van der Waals surface area contributed by atoms with E-state index in [-0.39, 0.29) is 0 Å². The second-order valence-electron chi connectivity index (χ2n) is 5.87. The first-order chi connectivity index (χ1) is 9.63. The third kappa shape index (κ3) is 2.93. The van der Waals surface area contributed by atoms with Crippen LogP contribution in [0, 0.1) is 20.8 Å². The minimum absolute atomic E-state index is 0.742. The first-order valence-electron chi connectivity index (χ1n) is 7.40. The number of hydrogen-bond acceptors (Lipinski definition) is 3. The number of rotatable bonds is 5. The van der Waals surface area contributed by atoms with Crippen molar-refractivity contribution in [1.82, 2.24) is 10.3 Å². The maximum atomic E-state index is 5.92. The average molecular weight is 270 g/mol. The summed E-state index contributed by atoms with van der Waals surface area (Å²) < 4.78 is 5.92. The molecule has 1 saturated carbocycles. The first kappa shape index (κ1) is 13.4. The highest BCUT2D eigenvalue weighted by Crippen LogP contribution is 2.29. The van der Waals surface area contributed by atoms with Gasteiger partial charge in [0, 0.05) is 24.6 Å². The van der Waals surface area contributed by atoms with Gasteiger partial charge in [0.1, 0.15) is 0 Å². The van der Waals surface area contributed by atoms with Crippen molar-refractivity contribution in [3.63, 3.8) is 0 Å². The lowest BCUT2D eigenvalue weighted by molar-refractivity contribution is 0.494. The van der Waals surface area contributed by atoms with Gasteiger partial charge in [0.05, 0.1) is 6.20 Å². The molecule has 1 aromatic heterocycles. The molecule has 0 amide bonds. The van der Waals surface area contributed by atoms with Crippen LogP contribution in [0.4, 0.5) is 0 Å². The molecule has 0 unspecified atom stereocenters. The molecule has 0 aliphatic heterocycles. The second-order valence-corrected chi connectivity index (χ2v) is 5.87. The number of nitrogens with one attached hydrogen (secondary N) is 1. The van der Waals surface area contributed by atoms with Crippen molar-refractivity contribution >= 4 is 0 Å². The maximum Gasteiger partial charge on any atom is 0.196 e. The number of benzene rings is 1. The molecule has 20 heavy (non-hydrogen) atoms. The van der Waals surface area contributed by atoms with Crippen LogP contribution in [-0.4, -0.2) is 17.6 Å². The quantitative estimate of drug-likeness (QED) is 0.902. The summed E-state index contributed by atoms with van der Waals surface area (Å²) in [6.07, 6.45) is 5.36. The van der Waals surface area contributed by atoms with Crippen molar-refractivity contribution < 1.29 is 4.42 Å². The predicted molar refractivity (Wildman–Crippen MR) is 80.9 cm³/mol. The van der Waals surface area contributed by atoms with Crippen LogP contribution in [0.1, 0.15) is 35.4 Å². The Hall–Kier alpha value is -1.61. The molecule has 0 radical (unpaired) electrons. The van der Waals surface area contributed by atoms with Crippen LogP contribution in [0.2, 0.25) is 0 Å². The van der Waals surface area contributed by atoms with E-state index in [1.54, 1.807) is 0 Å². The summed E-state index contributed by atoms with van der Waals surface area (Å²) in [5.74, 6) is 1.72. The molecule has 3 rings (SSSR count). The van der Waals surface area contributed by atoms with Gasteiger partial charge in [0.15, 0.2) is 11.7 Å². The summed E-state index contributed by atoms with van der Waals surface area (Å²) in [7, 11) is 0. The third-order valence-electron chi connectivity index (χ3n) is 3.83. The Morgan fingerprint density at radius 1 is 1.20 bits per heavy atom. The minimum Gasteiger partial charge on any atom is -0.441 e. The van der Waals surface area contributed by atoms with E-state index in [0.29, 0.717) is 0 Å². The van der Waals surface area contributed by atoms with E-state index in [9.17, 15) is 0 Å². The topological polar surface area (TPSA) is 38.1 Å². The van der Waals surface area contributed by atoms with Gasteiger partial charge in [-0.3, -0.25) is 0 Å². The molecule has 1 aromatic carbocycles. The van der Waals surface area contributed by atoms with Gasteiger partial charge >= 0.3 is 0 Å². The molecule has 2 aromatic rings. The SMILES string of the molecule is Cc1cc(C)c(-c2cnc(CCNC3CC3)o2)c(C)c1. The summed E-state index contributed by atoms with van der Waals surface area (Å²) >= 11 is 0. The van der Waals surface area contributed by atoms with E-state index in [0.717, 1.165) is 30.7 Å². The number of aryl methyl sites for hydroxylation is 3. The number of nitrogens with zero attached hydrogens (tertiary/aromatic N) is 1. The first-order valence-corrected chi connectivity index (χ1v) is 7.40. The zero-order chi connectivity index (χ0) is 14.1. The Morgan fingerprint density at radius 2 is 1.90 bits per heavy atom. The predicted octanol–water partition coefficient (Wildman–Crippen LogP) is 3.56. The van der Waals surface area contributed by atoms with Crippen LogP contribution in [0.5, 0.6) is 0 Å². The van der Waals surface area contributed by atoms with Gasteiger partial charge in [0.25, 0.3) is 0 Å². The highest BCUT2D eigenvalue weighted by Gasteiger charge is 2.20. The van der Waals surface area contributed by atoms with Gasteiger partial charge in [-0.1, -0.05) is 17.7 Å². The normalized spacial score (nSPS) is 14.8. The highest BCUT2D eigenvalue weighted by atomic mass is 16.4. The summed E-state index contributed by atoms with van der Waals surface area (Å²) in [5.41, 5.74) is 4.98. The molecular weight excluding hydrogens is 248 g/mol. The smallest absolute Gasteiger partial charge is 0.196 e. The Morgan fingerprint density at radius 3 is 2.55 bits per heavy atom. The molecule has 1 aliphatic rings. The van der Waals surface area contributed by atoms with Gasteiger partial charge in [-0.15, -0.1) is 0 Å². The summed E-state index contributed by atoms with van der Waals surface area (Å²) in [4.78, 5) is 4.41. The fourth-order valence-electron chi connectivity index (χ4n) is 2.78. The molecule has 0 saturated heterocycles. The summed E-state index contributed by atoms with van der Waals surface area (Å²) in [5, 5.41) is 3.48. The van der Waals surface area contributed by atoms with Crippen molar-refractivity contribution in [2.75, 3.05) is 6.54 Å². The van der Waals surface area contributed by atoms with Gasteiger partial charge in [0.2, 0.25) is 0 Å². The Labute approximate surface area is 120 Å². The van der Waals surface area contributed by atoms with E-state index >= 15 is 0 Å². The van der Waals surface area contributed by atoms with Crippen LogP contribution in [0.15, 0.2) is 22.7 Å². The van der Waals surface area contributed by atoms with Gasteiger partial charge in [-0.05, 0) is 44.7 Å². The molecule has 0 spiro atoms. The van der Waals surface area contributed by atoms with E-state index < -0.39 is 0 Å². The fraction of sp³-hybridized carbons (Fsp3) is 0.471. The molecule has 0 atom stereocenters. The second kappa shape index (κ2) is 5.41. The third-order valence-corrected chi connectivity index (χ3v) is 3.83. The molecule has 1 fully saturated rings. The van der Waals surface area contributed by atoms with Crippen molar-refractivity contribution in [2.45, 2.75) is 46.1 Å². The zero-order valence-electron chi connectivity index (χ0n) is 12.5. The molecule has 1 heterocycles. The minimum atomic E-state index is 0.742. The van der Waals surface area contributed by atoms with E-state index in [1.165, 1.54) is 35.1 Å². The van der Waals surface area contributed by atoms with Crippen LogP contribution >= 0.6 is 0 Å². The van der Waals surface area contributed by atoms with Gasteiger partial charge in [-0.2, -0.15) is 0 Å². The largest absolute Gasteiger partial charge is 0.441 e. The standard InChI is InChI=1S/C17H22N2O/c1-11-8-12(2)17(13(3)9-11)15-10-19-16(20-15)6-7-18-14-4-5-14/h8-10,14,18H,4-7H2,1-3H3. The van der Waals surface area contributed by atoms with E-state index in [1.807, 2.05) is 6.20 Å². The lowest BCUT2D eigenvalue weighted by Crippen LogP contribution is -2.19. The lowest BCUT2D eigenvalue weighted by atomic mass is 9.98. The molecule has 0 bridgehead atoms. The van der Waals surface area contributed by atoms with Gasteiger partial charge < -0.3 is 9.73 Å². The zero-order valence-corrected chi connectivity index (χ0v) is 12.5. The maximum absolute atomic E-state index is 5.92. The average Bonchev–Trinajstić information content (AvgIpc) is 3.07. The van der Waals surface area contributed by atoms with Crippen molar-refractivity contribution in [3.8, 4) is 11.3 Å². The summed E-state index contributed by atoms with van der Waals surface area (Å²) in [6, 6.07) is 5.13. The highest BCUT2D eigenvalue weighted by molar-refractivity contribution is 5.66. The van der Waals surface area contributed by atoms with Crippen LogP contribution in [-0.2, 0) is 6.42 Å². The van der Waals surface area contributed by atoms with Crippen molar-refractivity contribution in [2.24, 2.45) is 0 Å². The Bertz CT molecular complexity index is 588. The van der Waals surface area contributed by atoms with Crippen molar-refractivity contribution in [1.29, 1.82) is 0 Å². The molecule has 106 valence electrons. The Balaban J connectivity index is 1.75.